The number of piperidine rings is 3. The Morgan fingerprint density at radius 2 is 1.91 bits per heavy atom. The first-order chi connectivity index (χ1) is 16.0. The first-order valence-corrected chi connectivity index (χ1v) is 12.6. The molecule has 0 aromatic heterocycles. The summed E-state index contributed by atoms with van der Waals surface area (Å²) in [5.74, 6) is 1.60. The highest BCUT2D eigenvalue weighted by Crippen LogP contribution is 2.70. The normalized spacial score (nSPS) is 40.3. The van der Waals surface area contributed by atoms with E-state index < -0.39 is 22.1 Å². The van der Waals surface area contributed by atoms with Crippen molar-refractivity contribution in [1.29, 1.82) is 0 Å². The molecule has 0 radical (unpaired) electrons. The van der Waals surface area contributed by atoms with Crippen LogP contribution in [0.25, 0.3) is 0 Å². The third kappa shape index (κ3) is 2.19. The molecule has 7 aliphatic rings. The Morgan fingerprint density at radius 3 is 2.74 bits per heavy atom. The van der Waals surface area contributed by atoms with Gasteiger partial charge < -0.3 is 20.1 Å². The maximum Gasteiger partial charge on any atom is 0.241 e. The lowest BCUT2D eigenvalue weighted by molar-refractivity contribution is -0.167. The molecule has 2 amide bonds. The summed E-state index contributed by atoms with van der Waals surface area (Å²) in [6.07, 6.45) is 8.11. The zero-order valence-electron chi connectivity index (χ0n) is 20.4. The van der Waals surface area contributed by atoms with Gasteiger partial charge in [0.15, 0.2) is 11.5 Å². The van der Waals surface area contributed by atoms with Crippen LogP contribution in [0.4, 0.5) is 5.69 Å². The number of anilines is 1. The van der Waals surface area contributed by atoms with E-state index in [9.17, 15) is 9.59 Å². The third-order valence-corrected chi connectivity index (χ3v) is 10.1. The smallest absolute Gasteiger partial charge is 0.241 e. The van der Waals surface area contributed by atoms with Crippen molar-refractivity contribution in [2.45, 2.75) is 81.9 Å². The molecule has 1 unspecified atom stereocenters. The molecule has 6 heterocycles. The van der Waals surface area contributed by atoms with Crippen LogP contribution in [0.3, 0.4) is 0 Å². The van der Waals surface area contributed by atoms with Crippen LogP contribution in [-0.4, -0.2) is 46.5 Å². The molecule has 4 saturated heterocycles. The maximum atomic E-state index is 14.0. The Labute approximate surface area is 200 Å². The fraction of sp³-hybridized carbons (Fsp3) is 0.630. The van der Waals surface area contributed by atoms with Crippen molar-refractivity contribution in [2.75, 3.05) is 18.4 Å². The van der Waals surface area contributed by atoms with Crippen molar-refractivity contribution < 1.29 is 19.1 Å². The summed E-state index contributed by atoms with van der Waals surface area (Å²) in [4.78, 5) is 30.0. The quantitative estimate of drug-likeness (QED) is 0.616. The number of carbonyl (C=O) groups is 2. The van der Waals surface area contributed by atoms with E-state index in [1.165, 1.54) is 0 Å². The molecule has 3 spiro atoms. The summed E-state index contributed by atoms with van der Waals surface area (Å²) in [5, 5.41) is 6.70. The summed E-state index contributed by atoms with van der Waals surface area (Å²) >= 11 is 0. The Hall–Kier alpha value is -2.54. The molecule has 4 atom stereocenters. The van der Waals surface area contributed by atoms with Crippen LogP contribution in [0, 0.1) is 11.3 Å². The first kappa shape index (κ1) is 20.8. The molecular weight excluding hydrogens is 430 g/mol. The largest absolute Gasteiger partial charge is 0.480 e. The molecule has 1 aromatic carbocycles. The number of amides is 2. The summed E-state index contributed by atoms with van der Waals surface area (Å²) in [6.45, 7) is 10.2. The van der Waals surface area contributed by atoms with Crippen LogP contribution < -0.4 is 20.1 Å². The van der Waals surface area contributed by atoms with Crippen molar-refractivity contribution >= 4 is 17.5 Å². The second-order valence-electron chi connectivity index (χ2n) is 12.5. The van der Waals surface area contributed by atoms with Crippen molar-refractivity contribution in [3.63, 3.8) is 0 Å². The lowest BCUT2D eigenvalue weighted by atomic mass is 9.56. The summed E-state index contributed by atoms with van der Waals surface area (Å²) in [5.41, 5.74) is -0.726. The maximum absolute atomic E-state index is 14.0. The van der Waals surface area contributed by atoms with Crippen LogP contribution in [0.5, 0.6) is 11.5 Å². The number of piperazine rings is 1. The van der Waals surface area contributed by atoms with Crippen LogP contribution in [0.1, 0.15) is 65.4 Å². The highest BCUT2D eigenvalue weighted by atomic mass is 16.5. The van der Waals surface area contributed by atoms with Gasteiger partial charge in [0, 0.05) is 6.54 Å². The molecule has 34 heavy (non-hydrogen) atoms. The number of fused-ring (bicyclic) bond motifs is 5. The van der Waals surface area contributed by atoms with E-state index in [0.717, 1.165) is 44.3 Å². The topological polar surface area (TPSA) is 79.9 Å². The van der Waals surface area contributed by atoms with E-state index in [4.69, 9.17) is 9.47 Å². The van der Waals surface area contributed by atoms with Gasteiger partial charge in [-0.3, -0.25) is 14.5 Å². The van der Waals surface area contributed by atoms with Crippen molar-refractivity contribution in [2.24, 2.45) is 11.3 Å². The average molecular weight is 464 g/mol. The number of nitrogens with zero attached hydrogens (tertiary/aromatic N) is 1. The summed E-state index contributed by atoms with van der Waals surface area (Å²) in [6, 6.07) is 3.99. The molecule has 5 fully saturated rings. The predicted molar refractivity (Wildman–Crippen MR) is 127 cm³/mol. The number of hydrogen-bond donors (Lipinski definition) is 2. The molecule has 6 aliphatic heterocycles. The lowest BCUT2D eigenvalue weighted by Gasteiger charge is -2.63. The van der Waals surface area contributed by atoms with E-state index in [1.807, 2.05) is 32.1 Å². The molecule has 1 aliphatic carbocycles. The Bertz CT molecular complexity index is 1190. The van der Waals surface area contributed by atoms with Gasteiger partial charge in [-0.2, -0.15) is 0 Å². The van der Waals surface area contributed by atoms with Gasteiger partial charge >= 0.3 is 0 Å². The van der Waals surface area contributed by atoms with Gasteiger partial charge in [0.25, 0.3) is 0 Å². The van der Waals surface area contributed by atoms with Gasteiger partial charge in [-0.25, -0.2) is 0 Å². The zero-order chi connectivity index (χ0) is 23.7. The number of rotatable bonds is 0. The van der Waals surface area contributed by atoms with E-state index in [2.05, 4.69) is 29.4 Å². The van der Waals surface area contributed by atoms with Gasteiger partial charge in [-0.15, -0.1) is 0 Å². The van der Waals surface area contributed by atoms with Crippen molar-refractivity contribution in [1.82, 2.24) is 10.2 Å². The second-order valence-corrected chi connectivity index (χ2v) is 12.5. The minimum Gasteiger partial charge on any atom is -0.480 e. The minimum atomic E-state index is -0.746. The van der Waals surface area contributed by atoms with Gasteiger partial charge in [0.05, 0.1) is 22.9 Å². The number of ether oxygens (including phenoxy) is 2. The van der Waals surface area contributed by atoms with E-state index in [0.29, 0.717) is 23.6 Å². The molecular formula is C27H33N3O4. The van der Waals surface area contributed by atoms with E-state index >= 15 is 0 Å². The van der Waals surface area contributed by atoms with Crippen LogP contribution in [0.15, 0.2) is 24.5 Å². The summed E-state index contributed by atoms with van der Waals surface area (Å²) < 4.78 is 12.2. The Balaban J connectivity index is 1.39. The fourth-order valence-electron chi connectivity index (χ4n) is 8.51. The third-order valence-electron chi connectivity index (χ3n) is 10.1. The minimum absolute atomic E-state index is 0.00827. The Morgan fingerprint density at radius 1 is 1.09 bits per heavy atom. The second kappa shape index (κ2) is 5.99. The number of hydrogen-bond acceptors (Lipinski definition) is 5. The summed E-state index contributed by atoms with van der Waals surface area (Å²) in [7, 11) is 0. The number of benzene rings is 1. The van der Waals surface area contributed by atoms with E-state index in [-0.39, 0.29) is 23.1 Å². The van der Waals surface area contributed by atoms with E-state index in [1.54, 1.807) is 6.26 Å². The van der Waals surface area contributed by atoms with Gasteiger partial charge in [0.2, 0.25) is 11.8 Å². The fourth-order valence-corrected chi connectivity index (χ4v) is 8.51. The van der Waals surface area contributed by atoms with Crippen molar-refractivity contribution in [3.05, 3.63) is 30.0 Å². The van der Waals surface area contributed by atoms with Crippen molar-refractivity contribution in [3.8, 4) is 11.5 Å². The number of carbonyl (C=O) groups excluding carboxylic acids is 2. The highest BCUT2D eigenvalue weighted by molar-refractivity contribution is 6.09. The molecule has 7 nitrogen and oxygen atoms in total. The van der Waals surface area contributed by atoms with Gasteiger partial charge in [-0.05, 0) is 81.5 Å². The van der Waals surface area contributed by atoms with Crippen LogP contribution >= 0.6 is 0 Å². The Kier molecular flexibility index (Phi) is 3.66. The average Bonchev–Trinajstić information content (AvgIpc) is 3.07. The monoisotopic (exact) mass is 463 g/mol. The number of nitrogens with one attached hydrogen (secondary N) is 2. The van der Waals surface area contributed by atoms with Crippen LogP contribution in [-0.2, 0) is 15.0 Å². The zero-order valence-corrected chi connectivity index (χ0v) is 20.4. The molecule has 1 saturated carbocycles. The highest BCUT2D eigenvalue weighted by Gasteiger charge is 2.77. The predicted octanol–water partition coefficient (Wildman–Crippen LogP) is 3.48. The van der Waals surface area contributed by atoms with Crippen LogP contribution in [0.2, 0.25) is 0 Å². The van der Waals surface area contributed by atoms with Gasteiger partial charge in [-0.1, -0.05) is 19.9 Å². The van der Waals surface area contributed by atoms with Gasteiger partial charge in [0.1, 0.15) is 11.1 Å². The standard InChI is InChI=1S/C27H33N3O4/c1-23(2)10-12-33-20-17(34-23)8-7-16-19(20)28-22(32)27(16)14-25-15-30-11-6-5-9-26(30,21(31)29-25)13-18(25)24(27,3)4/h7-8,10,12,18H,5-6,9,11,13-15H2,1-4H3,(H,28,32)(H,29,31)/t18?,25-,26+,27-/m1/s1. The SMILES string of the molecule is CC1(C)C=COc2c(ccc3c2NC(=O)[C@@]32C[C@@]34CN5CCCC[C@]5(CC3C2(C)C)C(=O)N4)O1. The molecule has 180 valence electrons. The molecule has 2 bridgehead atoms. The first-order valence-electron chi connectivity index (χ1n) is 12.6. The molecule has 8 rings (SSSR count). The molecule has 1 aromatic rings. The molecule has 2 N–H and O–H groups in total. The lowest BCUT2D eigenvalue weighted by Crippen LogP contribution is -2.80. The molecule has 7 heteroatoms.